The smallest absolute Gasteiger partial charge is 0.245 e. The number of hydrogen-bond donors (Lipinski definition) is 1. The van der Waals surface area contributed by atoms with Gasteiger partial charge in [0.15, 0.2) is 11.8 Å². The third-order valence-electron chi connectivity index (χ3n) is 4.57. The van der Waals surface area contributed by atoms with Crippen LogP contribution in [0.15, 0.2) is 36.4 Å². The average molecular weight is 364 g/mol. The molecule has 1 fully saturated rings. The number of nitrogens with zero attached hydrogens (tertiary/aromatic N) is 3. The summed E-state index contributed by atoms with van der Waals surface area (Å²) in [6.07, 6.45) is 4.04. The van der Waals surface area contributed by atoms with Crippen LogP contribution in [0.25, 0.3) is 22.3 Å². The van der Waals surface area contributed by atoms with Crippen molar-refractivity contribution < 1.29 is 14.3 Å². The first kappa shape index (κ1) is 17.4. The van der Waals surface area contributed by atoms with Crippen molar-refractivity contribution in [2.45, 2.75) is 25.4 Å². The molecule has 3 aromatic rings. The number of nitrogens with two attached hydrogens (primary N) is 1. The number of carbonyl (C=O) groups is 1. The summed E-state index contributed by atoms with van der Waals surface area (Å²) in [7, 11) is 0. The summed E-state index contributed by atoms with van der Waals surface area (Å²) < 4.78 is 11.6. The molecule has 0 spiro atoms. The van der Waals surface area contributed by atoms with Gasteiger partial charge in [-0.1, -0.05) is 24.3 Å². The first-order chi connectivity index (χ1) is 13.2. The Morgan fingerprint density at radius 3 is 2.85 bits per heavy atom. The molecule has 7 nitrogen and oxygen atoms in total. The van der Waals surface area contributed by atoms with E-state index >= 15 is 0 Å². The predicted octanol–water partition coefficient (Wildman–Crippen LogP) is 3.03. The maximum absolute atomic E-state index is 11.3. The fourth-order valence-electron chi connectivity index (χ4n) is 3.20. The molecular weight excluding hydrogens is 344 g/mol. The van der Waals surface area contributed by atoms with Gasteiger partial charge in [0.1, 0.15) is 6.61 Å². The summed E-state index contributed by atoms with van der Waals surface area (Å²) in [6.45, 7) is 1.15. The number of ether oxygens (including phenoxy) is 2. The maximum Gasteiger partial charge on any atom is 0.245 e. The first-order valence-corrected chi connectivity index (χ1v) is 8.98. The second-order valence-corrected chi connectivity index (χ2v) is 6.46. The zero-order chi connectivity index (χ0) is 18.6. The van der Waals surface area contributed by atoms with Crippen LogP contribution in [0, 0.1) is 0 Å². The number of benzene rings is 1. The average Bonchev–Trinajstić information content (AvgIpc) is 2.72. The Balaban J connectivity index is 1.70. The summed E-state index contributed by atoms with van der Waals surface area (Å²) in [6, 6.07) is 10.9. The lowest BCUT2D eigenvalue weighted by molar-refractivity contribution is -0.0116. The van der Waals surface area contributed by atoms with E-state index in [-0.39, 0.29) is 12.1 Å². The van der Waals surface area contributed by atoms with Gasteiger partial charge < -0.3 is 15.2 Å². The van der Waals surface area contributed by atoms with Crippen molar-refractivity contribution in [3.8, 4) is 17.1 Å². The van der Waals surface area contributed by atoms with E-state index in [0.717, 1.165) is 37.7 Å². The number of nitrogen functional groups attached to an aromatic ring is 1. The van der Waals surface area contributed by atoms with E-state index in [4.69, 9.17) is 15.2 Å². The van der Waals surface area contributed by atoms with Gasteiger partial charge in [-0.2, -0.15) is 4.98 Å². The zero-order valence-electron chi connectivity index (χ0n) is 14.8. The topological polar surface area (TPSA) is 100 Å². The van der Waals surface area contributed by atoms with E-state index in [9.17, 15) is 4.79 Å². The Morgan fingerprint density at radius 2 is 2.04 bits per heavy atom. The number of anilines is 1. The van der Waals surface area contributed by atoms with Crippen LogP contribution in [0.2, 0.25) is 0 Å². The lowest BCUT2D eigenvalue weighted by atomic mass is 10.0. The van der Waals surface area contributed by atoms with Crippen molar-refractivity contribution in [3.63, 3.8) is 0 Å². The van der Waals surface area contributed by atoms with Crippen LogP contribution in [0.5, 0.6) is 5.88 Å². The first-order valence-electron chi connectivity index (χ1n) is 8.98. The van der Waals surface area contributed by atoms with Gasteiger partial charge in [0.05, 0.1) is 17.3 Å². The Morgan fingerprint density at radius 1 is 1.15 bits per heavy atom. The highest BCUT2D eigenvalue weighted by molar-refractivity contribution is 5.89. The highest BCUT2D eigenvalue weighted by Crippen LogP contribution is 2.27. The normalized spacial score (nSPS) is 17.0. The van der Waals surface area contributed by atoms with Crippen LogP contribution < -0.4 is 10.5 Å². The van der Waals surface area contributed by atoms with Crippen molar-refractivity contribution >= 4 is 23.3 Å². The van der Waals surface area contributed by atoms with E-state index in [1.165, 1.54) is 0 Å². The summed E-state index contributed by atoms with van der Waals surface area (Å²) in [4.78, 5) is 24.5. The molecule has 0 radical (unpaired) electrons. The molecule has 2 N–H and O–H groups in total. The predicted molar refractivity (Wildman–Crippen MR) is 102 cm³/mol. The van der Waals surface area contributed by atoms with Crippen molar-refractivity contribution in [3.05, 3.63) is 42.0 Å². The van der Waals surface area contributed by atoms with Gasteiger partial charge in [0.2, 0.25) is 11.8 Å². The molecule has 0 saturated carbocycles. The Kier molecular flexibility index (Phi) is 4.93. The minimum Gasteiger partial charge on any atom is -0.473 e. The van der Waals surface area contributed by atoms with Gasteiger partial charge in [0.25, 0.3) is 0 Å². The standard InChI is InChI=1S/C20H20N4O3/c21-20-23-17-9-8-16(15-7-2-1-5-13(15)11-25)22-18(17)19(24-20)27-12-14-6-3-4-10-26-14/h1-2,5,7-9,11,14H,3-4,6,10,12H2,(H2,21,23,24). The lowest BCUT2D eigenvalue weighted by Gasteiger charge is -2.22. The second kappa shape index (κ2) is 7.67. The molecule has 0 amide bonds. The van der Waals surface area contributed by atoms with Gasteiger partial charge in [0, 0.05) is 17.7 Å². The number of aromatic nitrogens is 3. The molecule has 4 rings (SSSR count). The molecule has 27 heavy (non-hydrogen) atoms. The third-order valence-corrected chi connectivity index (χ3v) is 4.57. The van der Waals surface area contributed by atoms with E-state index in [1.54, 1.807) is 12.1 Å². The lowest BCUT2D eigenvalue weighted by Crippen LogP contribution is -2.26. The number of fused-ring (bicyclic) bond motifs is 1. The molecule has 2 aromatic heterocycles. The minimum atomic E-state index is 0.0453. The quantitative estimate of drug-likeness (QED) is 0.695. The second-order valence-electron chi connectivity index (χ2n) is 6.46. The molecule has 1 aliphatic rings. The van der Waals surface area contributed by atoms with Crippen molar-refractivity contribution in [2.75, 3.05) is 18.9 Å². The molecule has 1 atom stereocenters. The molecule has 1 saturated heterocycles. The Hall–Kier alpha value is -3.06. The molecule has 0 aliphatic carbocycles. The summed E-state index contributed by atoms with van der Waals surface area (Å²) in [5.74, 6) is 0.460. The van der Waals surface area contributed by atoms with Gasteiger partial charge in [-0.3, -0.25) is 4.79 Å². The van der Waals surface area contributed by atoms with E-state index in [0.29, 0.717) is 34.8 Å². The number of pyridine rings is 1. The largest absolute Gasteiger partial charge is 0.473 e. The molecule has 7 heteroatoms. The van der Waals surface area contributed by atoms with E-state index in [2.05, 4.69) is 15.0 Å². The molecule has 1 unspecified atom stereocenters. The number of carbonyl (C=O) groups excluding carboxylic acids is 1. The molecule has 0 bridgehead atoms. The van der Waals surface area contributed by atoms with Gasteiger partial charge in [-0.05, 0) is 31.4 Å². The van der Waals surface area contributed by atoms with Crippen LogP contribution in [-0.2, 0) is 4.74 Å². The minimum absolute atomic E-state index is 0.0453. The SMILES string of the molecule is Nc1nc(OCC2CCCCO2)c2nc(-c3ccccc3C=O)ccc2n1. The Labute approximate surface area is 156 Å². The summed E-state index contributed by atoms with van der Waals surface area (Å²) in [5.41, 5.74) is 8.89. The monoisotopic (exact) mass is 364 g/mol. The highest BCUT2D eigenvalue weighted by atomic mass is 16.5. The van der Waals surface area contributed by atoms with E-state index < -0.39 is 0 Å². The van der Waals surface area contributed by atoms with Gasteiger partial charge in [-0.25, -0.2) is 9.97 Å². The summed E-state index contributed by atoms with van der Waals surface area (Å²) in [5, 5.41) is 0. The summed E-state index contributed by atoms with van der Waals surface area (Å²) >= 11 is 0. The van der Waals surface area contributed by atoms with Gasteiger partial charge >= 0.3 is 0 Å². The molecule has 1 aromatic carbocycles. The van der Waals surface area contributed by atoms with Crippen LogP contribution >= 0.6 is 0 Å². The van der Waals surface area contributed by atoms with Crippen molar-refractivity contribution in [2.24, 2.45) is 0 Å². The van der Waals surface area contributed by atoms with Crippen molar-refractivity contribution in [1.82, 2.24) is 15.0 Å². The Bertz CT molecular complexity index is 971. The molecule has 1 aliphatic heterocycles. The fraction of sp³-hybridized carbons (Fsp3) is 0.300. The third kappa shape index (κ3) is 3.73. The molecular formula is C20H20N4O3. The number of aldehydes is 1. The van der Waals surface area contributed by atoms with Crippen molar-refractivity contribution in [1.29, 1.82) is 0 Å². The number of rotatable bonds is 5. The fourth-order valence-corrected chi connectivity index (χ4v) is 3.20. The molecule has 138 valence electrons. The van der Waals surface area contributed by atoms with E-state index in [1.807, 2.05) is 24.3 Å². The highest BCUT2D eigenvalue weighted by Gasteiger charge is 2.17. The van der Waals surface area contributed by atoms with Crippen LogP contribution in [-0.4, -0.2) is 40.6 Å². The zero-order valence-corrected chi connectivity index (χ0v) is 14.8. The maximum atomic E-state index is 11.3. The number of hydrogen-bond acceptors (Lipinski definition) is 7. The van der Waals surface area contributed by atoms with Crippen LogP contribution in [0.3, 0.4) is 0 Å². The van der Waals surface area contributed by atoms with Gasteiger partial charge in [-0.15, -0.1) is 0 Å². The molecule has 3 heterocycles. The van der Waals surface area contributed by atoms with Crippen LogP contribution in [0.4, 0.5) is 5.95 Å². The van der Waals surface area contributed by atoms with Crippen LogP contribution in [0.1, 0.15) is 29.6 Å².